The average molecular weight is 326 g/mol. The number of anilines is 1. The second-order valence-electron chi connectivity index (χ2n) is 4.96. The second kappa shape index (κ2) is 6.53. The van der Waals surface area contributed by atoms with Crippen LogP contribution in [0.25, 0.3) is 11.3 Å². The fourth-order valence-electron chi connectivity index (χ4n) is 2.06. The minimum absolute atomic E-state index is 0.142. The van der Waals surface area contributed by atoms with Gasteiger partial charge in [0.05, 0.1) is 11.4 Å². The van der Waals surface area contributed by atoms with Crippen LogP contribution in [0.15, 0.2) is 53.3 Å². The van der Waals surface area contributed by atoms with E-state index in [1.165, 1.54) is 17.6 Å². The van der Waals surface area contributed by atoms with Crippen molar-refractivity contribution in [2.75, 3.05) is 5.32 Å². The highest BCUT2D eigenvalue weighted by atomic mass is 32.1. The third kappa shape index (κ3) is 3.70. The van der Waals surface area contributed by atoms with Crippen molar-refractivity contribution in [1.29, 1.82) is 0 Å². The first-order valence-electron chi connectivity index (χ1n) is 6.98. The van der Waals surface area contributed by atoms with E-state index in [1.807, 2.05) is 37.3 Å². The molecule has 3 aromatic rings. The number of amides is 1. The predicted molar refractivity (Wildman–Crippen MR) is 89.4 cm³/mol. The Balaban J connectivity index is 1.79. The summed E-state index contributed by atoms with van der Waals surface area (Å²) in [5, 5.41) is 7.63. The van der Waals surface area contributed by atoms with Gasteiger partial charge in [-0.15, -0.1) is 0 Å². The first kappa shape index (κ1) is 15.1. The van der Waals surface area contributed by atoms with Crippen LogP contribution in [0.3, 0.4) is 0 Å². The van der Waals surface area contributed by atoms with Gasteiger partial charge in [-0.05, 0) is 30.6 Å². The van der Waals surface area contributed by atoms with E-state index in [0.717, 1.165) is 15.9 Å². The van der Waals surface area contributed by atoms with E-state index in [-0.39, 0.29) is 18.0 Å². The number of aryl methyl sites for hydroxylation is 1. The summed E-state index contributed by atoms with van der Waals surface area (Å²) in [4.78, 5) is 24.0. The first-order chi connectivity index (χ1) is 11.1. The molecule has 0 fully saturated rings. The topological polar surface area (TPSA) is 76.9 Å². The summed E-state index contributed by atoms with van der Waals surface area (Å²) >= 11 is 1.20. The van der Waals surface area contributed by atoms with Gasteiger partial charge in [-0.25, -0.2) is 4.68 Å². The van der Waals surface area contributed by atoms with Crippen LogP contribution < -0.4 is 10.9 Å². The fourth-order valence-corrected chi connectivity index (χ4v) is 2.74. The van der Waals surface area contributed by atoms with E-state index in [9.17, 15) is 9.59 Å². The lowest BCUT2D eigenvalue weighted by atomic mass is 10.1. The highest BCUT2D eigenvalue weighted by Gasteiger charge is 2.09. The van der Waals surface area contributed by atoms with E-state index in [4.69, 9.17) is 0 Å². The molecule has 0 saturated carbocycles. The van der Waals surface area contributed by atoms with Crippen molar-refractivity contribution in [3.05, 3.63) is 64.6 Å². The number of aromatic nitrogens is 3. The number of hydrogen-bond acceptors (Lipinski definition) is 5. The van der Waals surface area contributed by atoms with Crippen LogP contribution in [-0.4, -0.2) is 20.1 Å². The number of carbonyl (C=O) groups excluding carboxylic acids is 1. The Morgan fingerprint density at radius 3 is 2.70 bits per heavy atom. The molecule has 2 aromatic heterocycles. The predicted octanol–water partition coefficient (Wildman–Crippen LogP) is 2.31. The van der Waals surface area contributed by atoms with Crippen molar-refractivity contribution in [2.45, 2.75) is 13.5 Å². The van der Waals surface area contributed by atoms with Crippen molar-refractivity contribution < 1.29 is 4.79 Å². The van der Waals surface area contributed by atoms with Gasteiger partial charge in [0.15, 0.2) is 0 Å². The van der Waals surface area contributed by atoms with Gasteiger partial charge in [0.25, 0.3) is 5.56 Å². The van der Waals surface area contributed by atoms with Gasteiger partial charge in [-0.2, -0.15) is 9.47 Å². The largest absolute Gasteiger partial charge is 0.315 e. The SMILES string of the molecule is Cc1cc(NC(=O)Cn2nc(-c3ccccc3)ccc2=O)sn1. The number of nitrogens with one attached hydrogen (secondary N) is 1. The number of hydrogen-bond donors (Lipinski definition) is 1. The van der Waals surface area contributed by atoms with Gasteiger partial charge in [0.1, 0.15) is 11.5 Å². The summed E-state index contributed by atoms with van der Waals surface area (Å²) in [5.41, 5.74) is 2.05. The lowest BCUT2D eigenvalue weighted by molar-refractivity contribution is -0.116. The molecule has 0 spiro atoms. The van der Waals surface area contributed by atoms with Gasteiger partial charge in [-0.1, -0.05) is 30.3 Å². The van der Waals surface area contributed by atoms with Crippen molar-refractivity contribution in [3.63, 3.8) is 0 Å². The van der Waals surface area contributed by atoms with E-state index >= 15 is 0 Å². The third-order valence-electron chi connectivity index (χ3n) is 3.12. The van der Waals surface area contributed by atoms with Crippen LogP contribution in [0.2, 0.25) is 0 Å². The molecule has 1 amide bonds. The molecule has 0 bridgehead atoms. The molecule has 6 nitrogen and oxygen atoms in total. The van der Waals surface area contributed by atoms with Crippen LogP contribution >= 0.6 is 11.5 Å². The molecule has 7 heteroatoms. The molecule has 0 aliphatic rings. The third-order valence-corrected chi connectivity index (χ3v) is 3.92. The number of nitrogens with zero attached hydrogens (tertiary/aromatic N) is 3. The van der Waals surface area contributed by atoms with Crippen LogP contribution in [0.1, 0.15) is 5.69 Å². The fraction of sp³-hybridized carbons (Fsp3) is 0.125. The molecule has 1 N–H and O–H groups in total. The zero-order valence-corrected chi connectivity index (χ0v) is 13.2. The summed E-state index contributed by atoms with van der Waals surface area (Å²) < 4.78 is 5.25. The van der Waals surface area contributed by atoms with Gasteiger partial charge in [-0.3, -0.25) is 9.59 Å². The molecule has 3 rings (SSSR count). The standard InChI is InChI=1S/C16H14N4O2S/c1-11-9-15(23-19-11)17-14(21)10-20-16(22)8-7-13(18-20)12-5-3-2-4-6-12/h2-9H,10H2,1H3,(H,17,21). The monoisotopic (exact) mass is 326 g/mol. The first-order valence-corrected chi connectivity index (χ1v) is 7.76. The summed E-state index contributed by atoms with van der Waals surface area (Å²) in [6, 6.07) is 14.3. The molecule has 0 aliphatic heterocycles. The maximum absolute atomic E-state index is 12.1. The lowest BCUT2D eigenvalue weighted by Crippen LogP contribution is -2.29. The van der Waals surface area contributed by atoms with Gasteiger partial charge in [0.2, 0.25) is 5.91 Å². The summed E-state index contributed by atoms with van der Waals surface area (Å²) in [5.74, 6) is -0.312. The maximum atomic E-state index is 12.1. The van der Waals surface area contributed by atoms with Crippen molar-refractivity contribution in [1.82, 2.24) is 14.2 Å². The minimum Gasteiger partial charge on any atom is -0.315 e. The number of rotatable bonds is 4. The van der Waals surface area contributed by atoms with Crippen LogP contribution in [0.4, 0.5) is 5.00 Å². The Hall–Kier alpha value is -2.80. The lowest BCUT2D eigenvalue weighted by Gasteiger charge is -2.07. The van der Waals surface area contributed by atoms with E-state index in [0.29, 0.717) is 10.7 Å². The summed E-state index contributed by atoms with van der Waals surface area (Å²) in [7, 11) is 0. The normalized spacial score (nSPS) is 10.5. The zero-order chi connectivity index (χ0) is 16.2. The van der Waals surface area contributed by atoms with Gasteiger partial charge in [0, 0.05) is 11.6 Å². The van der Waals surface area contributed by atoms with Gasteiger partial charge < -0.3 is 5.32 Å². The highest BCUT2D eigenvalue weighted by Crippen LogP contribution is 2.16. The van der Waals surface area contributed by atoms with Crippen molar-refractivity contribution in [2.24, 2.45) is 0 Å². The van der Waals surface area contributed by atoms with Gasteiger partial charge >= 0.3 is 0 Å². The molecule has 1 aromatic carbocycles. The van der Waals surface area contributed by atoms with Crippen LogP contribution in [0.5, 0.6) is 0 Å². The quantitative estimate of drug-likeness (QED) is 0.798. The second-order valence-corrected chi connectivity index (χ2v) is 5.77. The highest BCUT2D eigenvalue weighted by molar-refractivity contribution is 7.10. The number of benzene rings is 1. The molecule has 2 heterocycles. The van der Waals surface area contributed by atoms with Crippen LogP contribution in [0, 0.1) is 6.92 Å². The summed E-state index contributed by atoms with van der Waals surface area (Å²) in [6.45, 7) is 1.71. The maximum Gasteiger partial charge on any atom is 0.267 e. The van der Waals surface area contributed by atoms with E-state index < -0.39 is 0 Å². The minimum atomic E-state index is -0.319. The van der Waals surface area contributed by atoms with Crippen LogP contribution in [-0.2, 0) is 11.3 Å². The molecule has 0 saturated heterocycles. The van der Waals surface area contributed by atoms with Crippen molar-refractivity contribution in [3.8, 4) is 11.3 Å². The zero-order valence-electron chi connectivity index (χ0n) is 12.4. The Labute approximate surface area is 136 Å². The summed E-state index contributed by atoms with van der Waals surface area (Å²) in [6.07, 6.45) is 0. The molecule has 116 valence electrons. The Kier molecular flexibility index (Phi) is 4.29. The van der Waals surface area contributed by atoms with E-state index in [1.54, 1.807) is 12.1 Å². The van der Waals surface area contributed by atoms with E-state index in [2.05, 4.69) is 14.8 Å². The van der Waals surface area contributed by atoms with Crippen molar-refractivity contribution >= 4 is 22.4 Å². The Morgan fingerprint density at radius 2 is 2.00 bits per heavy atom. The molecule has 0 radical (unpaired) electrons. The molecular formula is C16H14N4O2S. The number of carbonyl (C=O) groups is 1. The average Bonchev–Trinajstić information content (AvgIpc) is 2.95. The molecule has 0 unspecified atom stereocenters. The molecular weight excluding hydrogens is 312 g/mol. The molecule has 0 atom stereocenters. The Morgan fingerprint density at radius 1 is 1.22 bits per heavy atom. The molecule has 23 heavy (non-hydrogen) atoms. The smallest absolute Gasteiger partial charge is 0.267 e. The molecule has 0 aliphatic carbocycles. The Bertz CT molecular complexity index is 886.